The second-order valence-electron chi connectivity index (χ2n) is 13.9. The lowest BCUT2D eigenvalue weighted by atomic mass is 10.0. The molecule has 0 aromatic carbocycles. The van der Waals surface area contributed by atoms with Crippen LogP contribution < -0.4 is 0 Å². The number of hydrogen-bond donors (Lipinski definition) is 2. The molecule has 230 valence electrons. The van der Waals surface area contributed by atoms with E-state index in [1.807, 2.05) is 0 Å². The number of nitrogens with zero attached hydrogens (tertiary/aromatic N) is 2. The van der Waals surface area contributed by atoms with Crippen LogP contribution in [0.15, 0.2) is 0 Å². The molecule has 0 aliphatic rings. The fraction of sp³-hybridized carbons (Fsp3) is 1.00. The van der Waals surface area contributed by atoms with Crippen molar-refractivity contribution in [2.24, 2.45) is 0 Å². The van der Waals surface area contributed by atoms with E-state index < -0.39 is 0 Å². The number of likely N-dealkylation sites (N-methyl/N-ethyl adjacent to an activating group) is 2. The number of aliphatic hydroxyl groups is 2. The molecule has 2 atom stereocenters. The van der Waals surface area contributed by atoms with Crippen LogP contribution in [-0.2, 0) is 0 Å². The Morgan fingerprint density at radius 2 is 0.658 bits per heavy atom. The van der Waals surface area contributed by atoms with Crippen molar-refractivity contribution in [1.82, 2.24) is 0 Å². The summed E-state index contributed by atoms with van der Waals surface area (Å²) >= 11 is 0. The molecule has 2 N–H and O–H groups in total. The van der Waals surface area contributed by atoms with Crippen molar-refractivity contribution in [3.63, 3.8) is 0 Å². The van der Waals surface area contributed by atoms with Crippen LogP contribution in [0.5, 0.6) is 0 Å². The van der Waals surface area contributed by atoms with Gasteiger partial charge in [0.25, 0.3) is 0 Å². The van der Waals surface area contributed by atoms with Crippen LogP contribution in [-0.4, -0.2) is 85.8 Å². The predicted octanol–water partition coefficient (Wildman–Crippen LogP) is 8.48. The third-order valence-corrected chi connectivity index (χ3v) is 8.47. The predicted molar refractivity (Wildman–Crippen MR) is 169 cm³/mol. The third-order valence-electron chi connectivity index (χ3n) is 8.47. The molecular weight excluding hydrogens is 468 g/mol. The van der Waals surface area contributed by atoms with E-state index in [4.69, 9.17) is 0 Å². The Hall–Kier alpha value is -0.160. The minimum absolute atomic E-state index is 0.152. The number of unbranched alkanes of at least 4 members (excludes halogenated alkanes) is 17. The van der Waals surface area contributed by atoms with Gasteiger partial charge >= 0.3 is 0 Å². The fourth-order valence-electron chi connectivity index (χ4n) is 5.97. The molecule has 0 bridgehead atoms. The molecule has 2 unspecified atom stereocenters. The Balaban J connectivity index is 3.77. The number of rotatable bonds is 29. The van der Waals surface area contributed by atoms with E-state index in [1.54, 1.807) is 0 Å². The topological polar surface area (TPSA) is 40.5 Å². The maximum Gasteiger partial charge on any atom is 0.105 e. The summed E-state index contributed by atoms with van der Waals surface area (Å²) in [6, 6.07) is 0. The molecule has 0 amide bonds. The zero-order chi connectivity index (χ0) is 28.5. The van der Waals surface area contributed by atoms with Gasteiger partial charge in [-0.1, -0.05) is 117 Å². The van der Waals surface area contributed by atoms with Crippen LogP contribution in [0, 0.1) is 0 Å². The lowest BCUT2D eigenvalue weighted by Gasteiger charge is -2.33. The van der Waals surface area contributed by atoms with Gasteiger partial charge in [-0.2, -0.15) is 0 Å². The average molecular weight is 543 g/mol. The zero-order valence-corrected chi connectivity index (χ0v) is 27.3. The summed E-state index contributed by atoms with van der Waals surface area (Å²) in [6.07, 6.45) is 28.0. The van der Waals surface area contributed by atoms with Gasteiger partial charge < -0.3 is 19.2 Å². The van der Waals surface area contributed by atoms with E-state index in [0.29, 0.717) is 0 Å². The van der Waals surface area contributed by atoms with Crippen LogP contribution >= 0.6 is 0 Å². The van der Waals surface area contributed by atoms with Crippen LogP contribution in [0.2, 0.25) is 0 Å². The van der Waals surface area contributed by atoms with Crippen LogP contribution in [0.3, 0.4) is 0 Å². The standard InChI is InChI=1S/C34H74N2O2/c1-7-9-11-13-15-17-19-23-27-33(37)31-35(3,4)29-25-21-22-26-30-36(5,6)32-34(38)28-24-20-18-16-14-12-10-8-2/h33-34,37-38H,7-32H2,1-6H3/q+2. The molecule has 0 rings (SSSR count). The summed E-state index contributed by atoms with van der Waals surface area (Å²) < 4.78 is 1.87. The Bertz CT molecular complexity index is 451. The quantitative estimate of drug-likeness (QED) is 0.0735. The highest BCUT2D eigenvalue weighted by molar-refractivity contribution is 4.58. The molecule has 0 aromatic heterocycles. The Morgan fingerprint density at radius 3 is 0.974 bits per heavy atom. The van der Waals surface area contributed by atoms with Gasteiger partial charge in [0.1, 0.15) is 25.3 Å². The molecule has 0 saturated heterocycles. The summed E-state index contributed by atoms with van der Waals surface area (Å²) in [5, 5.41) is 21.1. The molecule has 0 aliphatic heterocycles. The van der Waals surface area contributed by atoms with Gasteiger partial charge in [0.15, 0.2) is 0 Å². The molecule has 0 spiro atoms. The third kappa shape index (κ3) is 26.1. The minimum atomic E-state index is -0.152. The highest BCUT2D eigenvalue weighted by Crippen LogP contribution is 2.15. The Morgan fingerprint density at radius 1 is 0.395 bits per heavy atom. The van der Waals surface area contributed by atoms with Gasteiger partial charge in [0.05, 0.1) is 41.3 Å². The SMILES string of the molecule is CCCCCCCCCCC(O)C[N+](C)(C)CCCCCC[N+](C)(C)CC(O)CCCCCCCCCC. The molecule has 0 saturated carbocycles. The summed E-state index contributed by atoms with van der Waals surface area (Å²) in [5.41, 5.74) is 0. The highest BCUT2D eigenvalue weighted by Gasteiger charge is 2.21. The van der Waals surface area contributed by atoms with Gasteiger partial charge in [0, 0.05) is 0 Å². The van der Waals surface area contributed by atoms with Crippen LogP contribution in [0.25, 0.3) is 0 Å². The maximum absolute atomic E-state index is 10.5. The molecular formula is C34H74N2O2+2. The van der Waals surface area contributed by atoms with Gasteiger partial charge in [0.2, 0.25) is 0 Å². The second-order valence-corrected chi connectivity index (χ2v) is 13.9. The van der Waals surface area contributed by atoms with E-state index in [1.165, 1.54) is 128 Å². The first-order chi connectivity index (χ1) is 18.1. The molecule has 4 heteroatoms. The first-order valence-corrected chi connectivity index (χ1v) is 17.1. The van der Waals surface area contributed by atoms with E-state index in [-0.39, 0.29) is 12.2 Å². The summed E-state index contributed by atoms with van der Waals surface area (Å²) in [7, 11) is 9.13. The van der Waals surface area contributed by atoms with E-state index in [0.717, 1.165) is 48.0 Å². The van der Waals surface area contributed by atoms with Crippen molar-refractivity contribution in [3.05, 3.63) is 0 Å². The number of aliphatic hydroxyl groups excluding tert-OH is 2. The van der Waals surface area contributed by atoms with Gasteiger partial charge in [-0.3, -0.25) is 0 Å². The van der Waals surface area contributed by atoms with Crippen molar-refractivity contribution < 1.29 is 19.2 Å². The van der Waals surface area contributed by atoms with Crippen molar-refractivity contribution in [2.45, 2.75) is 167 Å². The van der Waals surface area contributed by atoms with E-state index in [2.05, 4.69) is 42.0 Å². The lowest BCUT2D eigenvalue weighted by Crippen LogP contribution is -2.46. The highest BCUT2D eigenvalue weighted by atomic mass is 16.3. The molecule has 0 aromatic rings. The first-order valence-electron chi connectivity index (χ1n) is 17.1. The normalized spacial score (nSPS) is 14.2. The van der Waals surface area contributed by atoms with Gasteiger partial charge in [-0.05, 0) is 38.5 Å². The minimum Gasteiger partial charge on any atom is -0.387 e. The smallest absolute Gasteiger partial charge is 0.105 e. The summed E-state index contributed by atoms with van der Waals surface area (Å²) in [4.78, 5) is 0. The number of hydrogen-bond acceptors (Lipinski definition) is 2. The fourth-order valence-corrected chi connectivity index (χ4v) is 5.97. The van der Waals surface area contributed by atoms with Crippen molar-refractivity contribution in [1.29, 1.82) is 0 Å². The average Bonchev–Trinajstić information content (AvgIpc) is 2.84. The largest absolute Gasteiger partial charge is 0.387 e. The molecule has 4 nitrogen and oxygen atoms in total. The Kier molecular flexibility index (Phi) is 24.5. The van der Waals surface area contributed by atoms with Gasteiger partial charge in [-0.25, -0.2) is 0 Å². The molecule has 0 fully saturated rings. The van der Waals surface area contributed by atoms with Crippen molar-refractivity contribution in [2.75, 3.05) is 54.4 Å². The molecule has 38 heavy (non-hydrogen) atoms. The molecule has 0 radical (unpaired) electrons. The number of quaternary nitrogens is 2. The summed E-state index contributed by atoms with van der Waals surface area (Å²) in [5.74, 6) is 0. The second kappa shape index (κ2) is 24.6. The molecule has 0 aliphatic carbocycles. The van der Waals surface area contributed by atoms with Crippen LogP contribution in [0.4, 0.5) is 0 Å². The van der Waals surface area contributed by atoms with Gasteiger partial charge in [-0.15, -0.1) is 0 Å². The first kappa shape index (κ1) is 37.8. The zero-order valence-electron chi connectivity index (χ0n) is 27.3. The van der Waals surface area contributed by atoms with E-state index >= 15 is 0 Å². The van der Waals surface area contributed by atoms with Crippen molar-refractivity contribution >= 4 is 0 Å². The van der Waals surface area contributed by atoms with Crippen LogP contribution in [0.1, 0.15) is 155 Å². The Labute approximate surface area is 240 Å². The van der Waals surface area contributed by atoms with E-state index in [9.17, 15) is 10.2 Å². The maximum atomic E-state index is 10.5. The summed E-state index contributed by atoms with van der Waals surface area (Å²) in [6.45, 7) is 8.63. The van der Waals surface area contributed by atoms with Crippen molar-refractivity contribution in [3.8, 4) is 0 Å². The lowest BCUT2D eigenvalue weighted by molar-refractivity contribution is -0.894. The molecule has 0 heterocycles. The monoisotopic (exact) mass is 543 g/mol.